The zero-order valence-corrected chi connectivity index (χ0v) is 16.2. The van der Waals surface area contributed by atoms with Crippen molar-refractivity contribution in [3.8, 4) is 5.75 Å². The summed E-state index contributed by atoms with van der Waals surface area (Å²) in [6.45, 7) is 0. The second-order valence-electron chi connectivity index (χ2n) is 6.37. The first-order valence-electron chi connectivity index (χ1n) is 8.76. The van der Waals surface area contributed by atoms with Crippen molar-refractivity contribution in [2.24, 2.45) is 0 Å². The van der Waals surface area contributed by atoms with Crippen molar-refractivity contribution >= 4 is 28.7 Å². The smallest absolute Gasteiger partial charge is 0.294 e. The molecule has 0 spiro atoms. The molecule has 0 saturated heterocycles. The van der Waals surface area contributed by atoms with Crippen molar-refractivity contribution in [1.82, 2.24) is 0 Å². The van der Waals surface area contributed by atoms with Crippen LogP contribution in [-0.4, -0.2) is 23.9 Å². The Kier molecular flexibility index (Phi) is 4.90. The fraction of sp³-hybridized carbons (Fsp3) is 0.0909. The van der Waals surface area contributed by atoms with Crippen molar-refractivity contribution in [3.05, 3.63) is 93.6 Å². The van der Waals surface area contributed by atoms with Crippen LogP contribution in [0.4, 0.5) is 10.1 Å². The lowest BCUT2D eigenvalue weighted by Gasteiger charge is -2.27. The highest BCUT2D eigenvalue weighted by molar-refractivity contribution is 7.12. The number of Topliss-reactive ketones (excluding diaryl/α,β-unsaturated/α-hetero) is 1. The fourth-order valence-corrected chi connectivity index (χ4v) is 4.07. The predicted octanol–water partition coefficient (Wildman–Crippen LogP) is 4.68. The van der Waals surface area contributed by atoms with Crippen LogP contribution in [0.15, 0.2) is 77.4 Å². The van der Waals surface area contributed by atoms with Crippen molar-refractivity contribution in [1.29, 1.82) is 0 Å². The van der Waals surface area contributed by atoms with Crippen LogP contribution in [0, 0.1) is 5.82 Å². The molecule has 5 nitrogen and oxygen atoms in total. The molecule has 0 radical (unpaired) electrons. The van der Waals surface area contributed by atoms with Crippen molar-refractivity contribution in [2.75, 3.05) is 12.0 Å². The van der Waals surface area contributed by atoms with Gasteiger partial charge < -0.3 is 9.84 Å². The van der Waals surface area contributed by atoms with E-state index in [0.29, 0.717) is 16.3 Å². The van der Waals surface area contributed by atoms with E-state index in [4.69, 9.17) is 4.74 Å². The molecule has 2 heterocycles. The van der Waals surface area contributed by atoms with Crippen LogP contribution in [0.5, 0.6) is 5.75 Å². The van der Waals surface area contributed by atoms with Gasteiger partial charge in [0.2, 0.25) is 5.78 Å². The number of hydrogen-bond donors (Lipinski definition) is 1. The highest BCUT2D eigenvalue weighted by Gasteiger charge is 2.45. The van der Waals surface area contributed by atoms with E-state index in [0.717, 1.165) is 0 Å². The molecular weight excluding hydrogens is 393 g/mol. The van der Waals surface area contributed by atoms with Gasteiger partial charge in [0.15, 0.2) is 5.76 Å². The monoisotopic (exact) mass is 409 g/mol. The second kappa shape index (κ2) is 7.52. The van der Waals surface area contributed by atoms with Crippen LogP contribution in [-0.2, 0) is 4.79 Å². The van der Waals surface area contributed by atoms with E-state index in [-0.39, 0.29) is 11.1 Å². The number of nitrogens with zero attached hydrogens (tertiary/aromatic N) is 1. The normalized spacial score (nSPS) is 16.4. The van der Waals surface area contributed by atoms with Crippen molar-refractivity contribution < 1.29 is 23.8 Å². The summed E-state index contributed by atoms with van der Waals surface area (Å²) in [7, 11) is 1.49. The molecule has 3 aromatic rings. The maximum Gasteiger partial charge on any atom is 0.294 e. The van der Waals surface area contributed by atoms with E-state index in [2.05, 4.69) is 0 Å². The summed E-state index contributed by atoms with van der Waals surface area (Å²) in [5.74, 6) is -2.06. The Morgan fingerprint density at radius 3 is 2.62 bits per heavy atom. The summed E-state index contributed by atoms with van der Waals surface area (Å²) in [5.41, 5.74) is 0.348. The van der Waals surface area contributed by atoms with Gasteiger partial charge in [0.05, 0.1) is 23.6 Å². The number of thiophene rings is 1. The van der Waals surface area contributed by atoms with E-state index >= 15 is 0 Å². The first-order valence-corrected chi connectivity index (χ1v) is 9.64. The minimum absolute atomic E-state index is 0.118. The van der Waals surface area contributed by atoms with Crippen molar-refractivity contribution in [2.45, 2.75) is 6.04 Å². The fourth-order valence-electron chi connectivity index (χ4n) is 3.40. The summed E-state index contributed by atoms with van der Waals surface area (Å²) >= 11 is 1.19. The molecule has 1 amide bonds. The minimum Gasteiger partial charge on any atom is -0.503 e. The molecule has 0 saturated carbocycles. The van der Waals surface area contributed by atoms with Gasteiger partial charge in [-0.2, -0.15) is 0 Å². The van der Waals surface area contributed by atoms with Crippen LogP contribution >= 0.6 is 11.3 Å². The van der Waals surface area contributed by atoms with Gasteiger partial charge in [0.25, 0.3) is 5.91 Å². The zero-order valence-electron chi connectivity index (χ0n) is 15.3. The van der Waals surface area contributed by atoms with Gasteiger partial charge in [-0.15, -0.1) is 11.3 Å². The van der Waals surface area contributed by atoms with Gasteiger partial charge in [0.1, 0.15) is 11.6 Å². The third kappa shape index (κ3) is 3.19. The SMILES string of the molecule is COc1cccc(N2C(=O)C(O)=C(C(=O)c3cccs3)C2c2ccccc2F)c1. The molecule has 1 aromatic heterocycles. The van der Waals surface area contributed by atoms with Gasteiger partial charge in [-0.1, -0.05) is 30.3 Å². The highest BCUT2D eigenvalue weighted by Crippen LogP contribution is 2.43. The van der Waals surface area contributed by atoms with Crippen LogP contribution in [0.1, 0.15) is 21.3 Å². The van der Waals surface area contributed by atoms with E-state index in [1.807, 2.05) is 0 Å². The zero-order chi connectivity index (χ0) is 20.5. The number of halogens is 1. The Morgan fingerprint density at radius 1 is 1.14 bits per heavy atom. The number of ketones is 1. The Bertz CT molecular complexity index is 1120. The van der Waals surface area contributed by atoms with Crippen molar-refractivity contribution in [3.63, 3.8) is 0 Å². The lowest BCUT2D eigenvalue weighted by Crippen LogP contribution is -2.31. The number of carbonyl (C=O) groups excluding carboxylic acids is 2. The second-order valence-corrected chi connectivity index (χ2v) is 7.32. The molecular formula is C22H16FNO4S. The Balaban J connectivity index is 1.91. The summed E-state index contributed by atoms with van der Waals surface area (Å²) in [4.78, 5) is 27.7. The summed E-state index contributed by atoms with van der Waals surface area (Å²) in [6, 6.07) is 14.7. The third-order valence-electron chi connectivity index (χ3n) is 4.73. The molecule has 0 bridgehead atoms. The Morgan fingerprint density at radius 2 is 1.93 bits per heavy atom. The van der Waals surface area contributed by atoms with Crippen LogP contribution < -0.4 is 9.64 Å². The molecule has 4 rings (SSSR count). The van der Waals surface area contributed by atoms with Gasteiger partial charge in [0, 0.05) is 17.3 Å². The number of aliphatic hydroxyl groups excluding tert-OH is 1. The molecule has 1 atom stereocenters. The average Bonchev–Trinajstić information content (AvgIpc) is 3.36. The van der Waals surface area contributed by atoms with Gasteiger partial charge in [-0.3, -0.25) is 14.5 Å². The number of ether oxygens (including phenoxy) is 1. The number of aliphatic hydroxyl groups is 1. The lowest BCUT2D eigenvalue weighted by atomic mass is 9.94. The Labute approximate surface area is 170 Å². The van der Waals surface area contributed by atoms with E-state index in [1.54, 1.807) is 47.8 Å². The molecule has 1 aliphatic rings. The molecule has 7 heteroatoms. The number of amides is 1. The standard InChI is InChI=1S/C22H16FNO4S/c1-28-14-7-4-6-13(12-14)24-19(15-8-2-3-9-16(15)23)18(21(26)22(24)27)20(25)17-10-5-11-29-17/h2-12,19,26H,1H3. The molecule has 1 N–H and O–H groups in total. The summed E-state index contributed by atoms with van der Waals surface area (Å²) in [5, 5.41) is 12.3. The molecule has 1 unspecified atom stereocenters. The van der Waals surface area contributed by atoms with Gasteiger partial charge in [-0.05, 0) is 29.6 Å². The number of methoxy groups -OCH3 is 1. The molecule has 29 heavy (non-hydrogen) atoms. The maximum absolute atomic E-state index is 14.7. The predicted molar refractivity (Wildman–Crippen MR) is 108 cm³/mol. The minimum atomic E-state index is -1.11. The van der Waals surface area contributed by atoms with E-state index in [1.165, 1.54) is 41.5 Å². The van der Waals surface area contributed by atoms with Crippen LogP contribution in [0.3, 0.4) is 0 Å². The Hall–Kier alpha value is -3.45. The summed E-state index contributed by atoms with van der Waals surface area (Å²) < 4.78 is 20.0. The number of rotatable bonds is 5. The van der Waals surface area contributed by atoms with E-state index < -0.39 is 29.3 Å². The molecule has 2 aromatic carbocycles. The first-order chi connectivity index (χ1) is 14.0. The molecule has 1 aliphatic heterocycles. The van der Waals surface area contributed by atoms with Gasteiger partial charge in [-0.25, -0.2) is 4.39 Å². The number of carbonyl (C=O) groups is 2. The quantitative estimate of drug-likeness (QED) is 0.622. The number of anilines is 1. The highest BCUT2D eigenvalue weighted by atomic mass is 32.1. The maximum atomic E-state index is 14.7. The summed E-state index contributed by atoms with van der Waals surface area (Å²) in [6.07, 6.45) is 0. The van der Waals surface area contributed by atoms with Crippen LogP contribution in [0.2, 0.25) is 0 Å². The largest absolute Gasteiger partial charge is 0.503 e. The number of benzene rings is 2. The first kappa shape index (κ1) is 18.9. The third-order valence-corrected chi connectivity index (χ3v) is 5.60. The topological polar surface area (TPSA) is 66.8 Å². The van der Waals surface area contributed by atoms with E-state index in [9.17, 15) is 19.1 Å². The molecule has 146 valence electrons. The molecule has 0 aliphatic carbocycles. The van der Waals surface area contributed by atoms with Crippen LogP contribution in [0.25, 0.3) is 0 Å². The lowest BCUT2D eigenvalue weighted by molar-refractivity contribution is -0.117. The molecule has 0 fully saturated rings. The van der Waals surface area contributed by atoms with Gasteiger partial charge >= 0.3 is 0 Å². The number of hydrogen-bond acceptors (Lipinski definition) is 5. The average molecular weight is 409 g/mol.